The van der Waals surface area contributed by atoms with Crippen LogP contribution in [0.4, 0.5) is 11.9 Å². The Balaban J connectivity index is 3.02. The van der Waals surface area contributed by atoms with Crippen molar-refractivity contribution in [1.82, 2.24) is 15.0 Å². The van der Waals surface area contributed by atoms with Gasteiger partial charge in [0, 0.05) is 14.1 Å². The van der Waals surface area contributed by atoms with E-state index in [1.54, 1.807) is 39.8 Å². The summed E-state index contributed by atoms with van der Waals surface area (Å²) in [6.45, 7) is 5.30. The molecule has 0 fully saturated rings. The fraction of sp³-hybridized carbons (Fsp3) is 0.600. The summed E-state index contributed by atoms with van der Waals surface area (Å²) in [7, 11) is 3.49. The molecule has 0 aromatic carbocycles. The van der Waals surface area contributed by atoms with E-state index >= 15 is 0 Å². The van der Waals surface area contributed by atoms with Crippen molar-refractivity contribution >= 4 is 17.9 Å². The number of anilines is 2. The number of esters is 1. The molecule has 1 aromatic heterocycles. The van der Waals surface area contributed by atoms with Gasteiger partial charge in [-0.15, -0.1) is 0 Å². The Morgan fingerprint density at radius 1 is 1.24 bits per heavy atom. The van der Waals surface area contributed by atoms with Crippen molar-refractivity contribution in [2.75, 3.05) is 24.7 Å². The van der Waals surface area contributed by atoms with Gasteiger partial charge >= 0.3 is 5.97 Å². The fourth-order valence-corrected chi connectivity index (χ4v) is 0.996. The van der Waals surface area contributed by atoms with E-state index < -0.39 is 11.6 Å². The first-order valence-corrected chi connectivity index (χ1v) is 5.11. The number of rotatable bonds is 2. The maximum absolute atomic E-state index is 11.7. The van der Waals surface area contributed by atoms with Crippen LogP contribution in [0.15, 0.2) is 0 Å². The minimum absolute atomic E-state index is 0.00967. The summed E-state index contributed by atoms with van der Waals surface area (Å²) in [6, 6.07) is 0. The van der Waals surface area contributed by atoms with Crippen LogP contribution in [0, 0.1) is 0 Å². The highest BCUT2D eigenvalue weighted by Gasteiger charge is 2.21. The van der Waals surface area contributed by atoms with Crippen LogP contribution >= 0.6 is 0 Å². The van der Waals surface area contributed by atoms with Crippen molar-refractivity contribution in [3.8, 4) is 0 Å². The van der Waals surface area contributed by atoms with Crippen molar-refractivity contribution in [2.24, 2.45) is 0 Å². The third-order valence-corrected chi connectivity index (χ3v) is 1.62. The quantitative estimate of drug-likeness (QED) is 0.750. The minimum Gasteiger partial charge on any atom is -0.454 e. The average molecular weight is 239 g/mol. The standard InChI is InChI=1S/C10H17N5O2/c1-10(2,3)17-7(16)6-12-8(11)14-9(13-6)15(4)5/h1-5H3,(H2,11,12,13,14). The summed E-state index contributed by atoms with van der Waals surface area (Å²) in [4.78, 5) is 25.0. The van der Waals surface area contributed by atoms with E-state index in [4.69, 9.17) is 10.5 Å². The third-order valence-electron chi connectivity index (χ3n) is 1.62. The number of nitrogens with two attached hydrogens (primary N) is 1. The van der Waals surface area contributed by atoms with Gasteiger partial charge in [0.2, 0.25) is 17.7 Å². The van der Waals surface area contributed by atoms with Gasteiger partial charge in [0.15, 0.2) is 0 Å². The molecular weight excluding hydrogens is 222 g/mol. The SMILES string of the molecule is CN(C)c1nc(N)nc(C(=O)OC(C)(C)C)n1. The van der Waals surface area contributed by atoms with Crippen molar-refractivity contribution in [2.45, 2.75) is 26.4 Å². The van der Waals surface area contributed by atoms with Gasteiger partial charge in [0.25, 0.3) is 0 Å². The molecule has 7 nitrogen and oxygen atoms in total. The van der Waals surface area contributed by atoms with Crippen LogP contribution in [0.1, 0.15) is 31.4 Å². The molecule has 0 aliphatic heterocycles. The molecule has 0 atom stereocenters. The van der Waals surface area contributed by atoms with E-state index in [9.17, 15) is 4.79 Å². The highest BCUT2D eigenvalue weighted by atomic mass is 16.6. The zero-order valence-electron chi connectivity index (χ0n) is 10.7. The van der Waals surface area contributed by atoms with Crippen LogP contribution in [0.3, 0.4) is 0 Å². The van der Waals surface area contributed by atoms with Crippen molar-refractivity contribution in [1.29, 1.82) is 0 Å². The second kappa shape index (κ2) is 4.52. The molecule has 0 saturated heterocycles. The highest BCUT2D eigenvalue weighted by Crippen LogP contribution is 2.12. The van der Waals surface area contributed by atoms with Gasteiger partial charge in [0.05, 0.1) is 0 Å². The number of hydrogen-bond acceptors (Lipinski definition) is 7. The van der Waals surface area contributed by atoms with Crippen molar-refractivity contribution < 1.29 is 9.53 Å². The number of hydrogen-bond donors (Lipinski definition) is 1. The molecule has 0 saturated carbocycles. The summed E-state index contributed by atoms with van der Waals surface area (Å²) in [6.07, 6.45) is 0. The first-order valence-electron chi connectivity index (χ1n) is 5.11. The normalized spacial score (nSPS) is 11.1. The molecule has 1 aromatic rings. The number of carbonyl (C=O) groups excluding carboxylic acids is 1. The second-order valence-electron chi connectivity index (χ2n) is 4.71. The molecule has 0 spiro atoms. The molecule has 17 heavy (non-hydrogen) atoms. The Morgan fingerprint density at radius 2 is 1.82 bits per heavy atom. The molecule has 0 aliphatic rings. The maximum atomic E-state index is 11.7. The number of carbonyl (C=O) groups is 1. The summed E-state index contributed by atoms with van der Waals surface area (Å²) in [5.41, 5.74) is 4.90. The molecule has 2 N–H and O–H groups in total. The zero-order chi connectivity index (χ0) is 13.2. The number of ether oxygens (including phenoxy) is 1. The largest absolute Gasteiger partial charge is 0.454 e. The van der Waals surface area contributed by atoms with Crippen LogP contribution in [-0.4, -0.2) is 40.6 Å². The van der Waals surface area contributed by atoms with Gasteiger partial charge in [-0.2, -0.15) is 15.0 Å². The molecule has 1 rings (SSSR count). The molecule has 0 aliphatic carbocycles. The van der Waals surface area contributed by atoms with Crippen molar-refractivity contribution in [3.63, 3.8) is 0 Å². The number of aromatic nitrogens is 3. The lowest BCUT2D eigenvalue weighted by Gasteiger charge is -2.19. The van der Waals surface area contributed by atoms with Gasteiger partial charge in [-0.05, 0) is 20.8 Å². The van der Waals surface area contributed by atoms with E-state index in [-0.39, 0.29) is 11.8 Å². The lowest BCUT2D eigenvalue weighted by molar-refractivity contribution is 0.00555. The van der Waals surface area contributed by atoms with E-state index in [2.05, 4.69) is 15.0 Å². The first-order chi connectivity index (χ1) is 7.69. The number of nitrogen functional groups attached to an aromatic ring is 1. The van der Waals surface area contributed by atoms with Gasteiger partial charge in [0.1, 0.15) is 5.60 Å². The second-order valence-corrected chi connectivity index (χ2v) is 4.71. The molecule has 0 unspecified atom stereocenters. The highest BCUT2D eigenvalue weighted by molar-refractivity contribution is 5.86. The topological polar surface area (TPSA) is 94.2 Å². The summed E-state index contributed by atoms with van der Waals surface area (Å²) >= 11 is 0. The lowest BCUT2D eigenvalue weighted by atomic mass is 10.2. The van der Waals surface area contributed by atoms with E-state index in [0.717, 1.165) is 0 Å². The van der Waals surface area contributed by atoms with Gasteiger partial charge in [-0.3, -0.25) is 0 Å². The summed E-state index contributed by atoms with van der Waals surface area (Å²) in [5, 5.41) is 0. The van der Waals surface area contributed by atoms with Crippen LogP contribution in [0.5, 0.6) is 0 Å². The molecule has 0 bridgehead atoms. The van der Waals surface area contributed by atoms with E-state index in [1.807, 2.05) is 0 Å². The van der Waals surface area contributed by atoms with Gasteiger partial charge < -0.3 is 15.4 Å². The smallest absolute Gasteiger partial charge is 0.377 e. The van der Waals surface area contributed by atoms with Crippen LogP contribution in [-0.2, 0) is 4.74 Å². The Morgan fingerprint density at radius 3 is 2.29 bits per heavy atom. The lowest BCUT2D eigenvalue weighted by Crippen LogP contribution is -2.26. The van der Waals surface area contributed by atoms with E-state index in [0.29, 0.717) is 5.95 Å². The summed E-state index contributed by atoms with van der Waals surface area (Å²) < 4.78 is 5.15. The number of nitrogens with zero attached hydrogens (tertiary/aromatic N) is 4. The Bertz CT molecular complexity index is 425. The van der Waals surface area contributed by atoms with Crippen LogP contribution in [0.25, 0.3) is 0 Å². The molecule has 0 radical (unpaired) electrons. The fourth-order valence-electron chi connectivity index (χ4n) is 0.996. The van der Waals surface area contributed by atoms with E-state index in [1.165, 1.54) is 0 Å². The summed E-state index contributed by atoms with van der Waals surface area (Å²) in [5.74, 6) is -0.395. The first kappa shape index (κ1) is 13.1. The van der Waals surface area contributed by atoms with Crippen LogP contribution < -0.4 is 10.6 Å². The Kier molecular flexibility index (Phi) is 3.50. The minimum atomic E-state index is -0.616. The predicted molar refractivity (Wildman–Crippen MR) is 63.7 cm³/mol. The monoisotopic (exact) mass is 239 g/mol. The van der Waals surface area contributed by atoms with Gasteiger partial charge in [-0.1, -0.05) is 0 Å². The predicted octanol–water partition coefficient (Wildman–Crippen LogP) is 0.475. The molecule has 94 valence electrons. The average Bonchev–Trinajstić information content (AvgIpc) is 2.13. The van der Waals surface area contributed by atoms with Crippen LogP contribution in [0.2, 0.25) is 0 Å². The third kappa shape index (κ3) is 3.86. The Labute approximate surface area is 100 Å². The molecule has 0 amide bonds. The van der Waals surface area contributed by atoms with Gasteiger partial charge in [-0.25, -0.2) is 4.79 Å². The molecule has 7 heteroatoms. The maximum Gasteiger partial charge on any atom is 0.377 e. The van der Waals surface area contributed by atoms with Crippen molar-refractivity contribution in [3.05, 3.63) is 5.82 Å². The zero-order valence-corrected chi connectivity index (χ0v) is 10.7. The molecule has 1 heterocycles. The Hall–Kier alpha value is -1.92. The molecular formula is C10H17N5O2.